The minimum absolute atomic E-state index is 0.154. The van der Waals surface area contributed by atoms with E-state index in [0.29, 0.717) is 6.61 Å². The maximum Gasteiger partial charge on any atom is 0.319 e. The summed E-state index contributed by atoms with van der Waals surface area (Å²) in [6, 6.07) is 7.24. The molecule has 110 valence electrons. The number of rotatable bonds is 4. The minimum Gasteiger partial charge on any atom is -0.494 e. The number of carbonyl (C=O) groups excluding carboxylic acids is 1. The Morgan fingerprint density at radius 2 is 1.90 bits per heavy atom. The van der Waals surface area contributed by atoms with Crippen molar-refractivity contribution < 1.29 is 14.6 Å². The van der Waals surface area contributed by atoms with E-state index in [9.17, 15) is 9.90 Å². The molecule has 5 heteroatoms. The highest BCUT2D eigenvalue weighted by atomic mass is 16.5. The lowest BCUT2D eigenvalue weighted by atomic mass is 9.93. The van der Waals surface area contributed by atoms with Crippen molar-refractivity contribution >= 4 is 11.7 Å². The van der Waals surface area contributed by atoms with E-state index in [1.54, 1.807) is 0 Å². The van der Waals surface area contributed by atoms with Crippen molar-refractivity contribution in [2.45, 2.75) is 44.8 Å². The first kappa shape index (κ1) is 14.7. The minimum atomic E-state index is -0.206. The average molecular weight is 278 g/mol. The highest BCUT2D eigenvalue weighted by Crippen LogP contribution is 2.19. The van der Waals surface area contributed by atoms with Gasteiger partial charge < -0.3 is 20.5 Å². The molecule has 0 aliphatic heterocycles. The molecule has 0 bridgehead atoms. The van der Waals surface area contributed by atoms with Crippen LogP contribution in [0.5, 0.6) is 5.75 Å². The number of amides is 2. The molecule has 1 saturated carbocycles. The van der Waals surface area contributed by atoms with Crippen molar-refractivity contribution in [2.75, 3.05) is 11.9 Å². The Balaban J connectivity index is 1.79. The summed E-state index contributed by atoms with van der Waals surface area (Å²) in [7, 11) is 0. The Bertz CT molecular complexity index is 425. The zero-order valence-electron chi connectivity index (χ0n) is 11.8. The predicted molar refractivity (Wildman–Crippen MR) is 78.0 cm³/mol. The molecule has 1 aliphatic rings. The van der Waals surface area contributed by atoms with Gasteiger partial charge in [-0.25, -0.2) is 4.79 Å². The van der Waals surface area contributed by atoms with Crippen molar-refractivity contribution in [2.24, 2.45) is 0 Å². The number of hydrogen-bond acceptors (Lipinski definition) is 3. The topological polar surface area (TPSA) is 70.6 Å². The fraction of sp³-hybridized carbons (Fsp3) is 0.533. The lowest BCUT2D eigenvalue weighted by Gasteiger charge is -2.26. The number of aliphatic hydroxyl groups excluding tert-OH is 1. The third-order valence-electron chi connectivity index (χ3n) is 3.46. The van der Waals surface area contributed by atoms with Crippen LogP contribution in [-0.2, 0) is 0 Å². The van der Waals surface area contributed by atoms with Crippen molar-refractivity contribution in [1.82, 2.24) is 5.32 Å². The Morgan fingerprint density at radius 1 is 1.25 bits per heavy atom. The smallest absolute Gasteiger partial charge is 0.319 e. The van der Waals surface area contributed by atoms with E-state index in [1.807, 2.05) is 31.2 Å². The van der Waals surface area contributed by atoms with Crippen molar-refractivity contribution in [1.29, 1.82) is 0 Å². The first-order valence-corrected chi connectivity index (χ1v) is 7.16. The molecule has 2 rings (SSSR count). The molecular weight excluding hydrogens is 256 g/mol. The molecular formula is C15H22N2O3. The van der Waals surface area contributed by atoms with Gasteiger partial charge in [-0.2, -0.15) is 0 Å². The Labute approximate surface area is 119 Å². The molecule has 0 unspecified atom stereocenters. The van der Waals surface area contributed by atoms with E-state index in [0.717, 1.165) is 37.1 Å². The molecule has 0 aromatic heterocycles. The van der Waals surface area contributed by atoms with E-state index >= 15 is 0 Å². The maximum absolute atomic E-state index is 11.9. The second kappa shape index (κ2) is 7.14. The number of hydrogen-bond donors (Lipinski definition) is 3. The summed E-state index contributed by atoms with van der Waals surface area (Å²) in [6.45, 7) is 2.56. The van der Waals surface area contributed by atoms with Gasteiger partial charge in [-0.15, -0.1) is 0 Å². The molecule has 0 radical (unpaired) electrons. The lowest BCUT2D eigenvalue weighted by Crippen LogP contribution is -2.40. The van der Waals surface area contributed by atoms with Crippen LogP contribution in [0, 0.1) is 0 Å². The predicted octanol–water partition coefficient (Wildman–Crippen LogP) is 2.51. The Kier molecular flexibility index (Phi) is 5.24. The van der Waals surface area contributed by atoms with Gasteiger partial charge in [0.1, 0.15) is 5.75 Å². The number of urea groups is 1. The zero-order chi connectivity index (χ0) is 14.4. The van der Waals surface area contributed by atoms with Gasteiger partial charge >= 0.3 is 6.03 Å². The highest BCUT2D eigenvalue weighted by molar-refractivity contribution is 5.89. The van der Waals surface area contributed by atoms with E-state index < -0.39 is 0 Å². The summed E-state index contributed by atoms with van der Waals surface area (Å²) in [4.78, 5) is 11.9. The molecule has 1 aromatic carbocycles. The standard InChI is InChI=1S/C15H22N2O3/c1-2-20-14-9-5-12(6-10-14)17-15(19)16-11-3-7-13(18)8-4-11/h5-6,9-11,13,18H,2-4,7-8H2,1H3,(H2,16,17,19). The SMILES string of the molecule is CCOc1ccc(NC(=O)NC2CCC(O)CC2)cc1. The van der Waals surface area contributed by atoms with Gasteiger partial charge in [-0.1, -0.05) is 0 Å². The van der Waals surface area contributed by atoms with Crippen LogP contribution in [0.4, 0.5) is 10.5 Å². The number of nitrogens with one attached hydrogen (secondary N) is 2. The summed E-state index contributed by atoms with van der Waals surface area (Å²) in [5.41, 5.74) is 0.738. The monoisotopic (exact) mass is 278 g/mol. The number of anilines is 1. The van der Waals surface area contributed by atoms with Crippen molar-refractivity contribution in [3.63, 3.8) is 0 Å². The zero-order valence-corrected chi connectivity index (χ0v) is 11.8. The summed E-state index contributed by atoms with van der Waals surface area (Å²) in [5.74, 6) is 0.791. The number of aliphatic hydroxyl groups is 1. The normalized spacial score (nSPS) is 22.1. The molecule has 1 fully saturated rings. The molecule has 0 saturated heterocycles. The van der Waals surface area contributed by atoms with Gasteiger partial charge in [-0.3, -0.25) is 0 Å². The molecule has 0 atom stereocenters. The summed E-state index contributed by atoms with van der Waals surface area (Å²) < 4.78 is 5.35. The molecule has 3 N–H and O–H groups in total. The summed E-state index contributed by atoms with van der Waals surface area (Å²) in [5, 5.41) is 15.2. The van der Waals surface area contributed by atoms with Crippen LogP contribution in [-0.4, -0.2) is 29.9 Å². The maximum atomic E-state index is 11.9. The van der Waals surface area contributed by atoms with Crippen LogP contribution in [0.25, 0.3) is 0 Å². The summed E-state index contributed by atoms with van der Waals surface area (Å²) in [6.07, 6.45) is 2.97. The molecule has 5 nitrogen and oxygen atoms in total. The first-order chi connectivity index (χ1) is 9.67. The van der Waals surface area contributed by atoms with Crippen LogP contribution in [0.3, 0.4) is 0 Å². The third-order valence-corrected chi connectivity index (χ3v) is 3.46. The van der Waals surface area contributed by atoms with Gasteiger partial charge in [0.05, 0.1) is 12.7 Å². The lowest BCUT2D eigenvalue weighted by molar-refractivity contribution is 0.118. The Morgan fingerprint density at radius 3 is 2.50 bits per heavy atom. The van der Waals surface area contributed by atoms with E-state index in [2.05, 4.69) is 10.6 Å². The van der Waals surface area contributed by atoms with Gasteiger partial charge in [0.15, 0.2) is 0 Å². The molecule has 0 heterocycles. The van der Waals surface area contributed by atoms with E-state index in [4.69, 9.17) is 4.74 Å². The quantitative estimate of drug-likeness (QED) is 0.792. The third kappa shape index (κ3) is 4.42. The van der Waals surface area contributed by atoms with Gasteiger partial charge in [0, 0.05) is 11.7 Å². The first-order valence-electron chi connectivity index (χ1n) is 7.16. The van der Waals surface area contributed by atoms with Crippen LogP contribution in [0.15, 0.2) is 24.3 Å². The van der Waals surface area contributed by atoms with Gasteiger partial charge in [0.2, 0.25) is 0 Å². The van der Waals surface area contributed by atoms with Crippen molar-refractivity contribution in [3.05, 3.63) is 24.3 Å². The second-order valence-corrected chi connectivity index (χ2v) is 5.06. The molecule has 2 amide bonds. The van der Waals surface area contributed by atoms with Crippen LogP contribution >= 0.6 is 0 Å². The fourth-order valence-corrected chi connectivity index (χ4v) is 2.37. The number of carbonyl (C=O) groups is 1. The van der Waals surface area contributed by atoms with Crippen LogP contribution in [0.1, 0.15) is 32.6 Å². The van der Waals surface area contributed by atoms with Gasteiger partial charge in [-0.05, 0) is 56.9 Å². The Hall–Kier alpha value is -1.75. The average Bonchev–Trinajstić information content (AvgIpc) is 2.44. The number of benzene rings is 1. The molecule has 0 spiro atoms. The molecule has 1 aromatic rings. The second-order valence-electron chi connectivity index (χ2n) is 5.06. The number of ether oxygens (including phenoxy) is 1. The van der Waals surface area contributed by atoms with Gasteiger partial charge in [0.25, 0.3) is 0 Å². The van der Waals surface area contributed by atoms with Crippen LogP contribution < -0.4 is 15.4 Å². The largest absolute Gasteiger partial charge is 0.494 e. The highest BCUT2D eigenvalue weighted by Gasteiger charge is 2.20. The molecule has 1 aliphatic carbocycles. The molecule has 20 heavy (non-hydrogen) atoms. The van der Waals surface area contributed by atoms with Crippen LogP contribution in [0.2, 0.25) is 0 Å². The van der Waals surface area contributed by atoms with E-state index in [1.165, 1.54) is 0 Å². The fourth-order valence-electron chi connectivity index (χ4n) is 2.37. The summed E-state index contributed by atoms with van der Waals surface area (Å²) >= 11 is 0. The van der Waals surface area contributed by atoms with Crippen molar-refractivity contribution in [3.8, 4) is 5.75 Å². The van der Waals surface area contributed by atoms with E-state index in [-0.39, 0.29) is 18.2 Å².